The molecule has 11 heteroatoms. The van der Waals surface area contributed by atoms with Crippen molar-refractivity contribution in [3.8, 4) is 0 Å². The zero-order valence-corrected chi connectivity index (χ0v) is 23.0. The lowest BCUT2D eigenvalue weighted by Crippen LogP contribution is -2.37. The number of rotatable bonds is 13. The molecule has 2 aromatic carbocycles. The molecular weight excluding hydrogens is 512 g/mol. The zero-order chi connectivity index (χ0) is 28.6. The van der Waals surface area contributed by atoms with Gasteiger partial charge in [0.25, 0.3) is 11.1 Å². The number of fused-ring (bicyclic) bond motifs is 2. The van der Waals surface area contributed by atoms with Gasteiger partial charge in [-0.05, 0) is 70.1 Å². The molecule has 0 spiro atoms. The van der Waals surface area contributed by atoms with Crippen LogP contribution in [-0.4, -0.2) is 68.0 Å². The number of amides is 1. The van der Waals surface area contributed by atoms with Gasteiger partial charge in [0.05, 0.1) is 21.8 Å². The molecule has 11 nitrogen and oxygen atoms in total. The first-order valence-electron chi connectivity index (χ1n) is 13.6. The third-order valence-electron chi connectivity index (χ3n) is 7.17. The maximum absolute atomic E-state index is 12.7. The number of H-pyrrole nitrogens is 2. The lowest BCUT2D eigenvalue weighted by atomic mass is 10.2. The van der Waals surface area contributed by atoms with Crippen LogP contribution in [0.1, 0.15) is 32.6 Å². The molecular formula is C29H36N6O5. The van der Waals surface area contributed by atoms with Crippen LogP contribution >= 0.6 is 0 Å². The summed E-state index contributed by atoms with van der Waals surface area (Å²) in [6.07, 6.45) is 2.84. The molecule has 0 saturated carbocycles. The fraction of sp³-hybridized carbons (Fsp3) is 0.414. The number of para-hydroxylation sites is 2. The van der Waals surface area contributed by atoms with Crippen molar-refractivity contribution < 1.29 is 4.79 Å². The van der Waals surface area contributed by atoms with Gasteiger partial charge in [-0.1, -0.05) is 24.3 Å². The summed E-state index contributed by atoms with van der Waals surface area (Å²) in [5, 5.41) is 0.965. The summed E-state index contributed by atoms with van der Waals surface area (Å²) in [6, 6.07) is 13.9. The highest BCUT2D eigenvalue weighted by atomic mass is 16.2. The number of carbonyl (C=O) groups excluding carboxylic acids is 1. The fourth-order valence-electron chi connectivity index (χ4n) is 4.95. The number of nitrogens with zero attached hydrogens (tertiary/aromatic N) is 4. The average molecular weight is 549 g/mol. The Morgan fingerprint density at radius 2 is 1.10 bits per heavy atom. The summed E-state index contributed by atoms with van der Waals surface area (Å²) in [4.78, 5) is 71.6. The third-order valence-corrected chi connectivity index (χ3v) is 7.17. The highest BCUT2D eigenvalue weighted by molar-refractivity contribution is 5.77. The van der Waals surface area contributed by atoms with E-state index in [-0.39, 0.29) is 23.6 Å². The summed E-state index contributed by atoms with van der Waals surface area (Å²) in [7, 11) is 2.00. The van der Waals surface area contributed by atoms with Crippen molar-refractivity contribution in [2.45, 2.75) is 45.7 Å². The van der Waals surface area contributed by atoms with Crippen molar-refractivity contribution in [1.82, 2.24) is 28.9 Å². The minimum Gasteiger partial charge on any atom is -0.343 e. The van der Waals surface area contributed by atoms with Gasteiger partial charge >= 0.3 is 11.4 Å². The molecule has 40 heavy (non-hydrogen) atoms. The molecule has 0 bridgehead atoms. The predicted molar refractivity (Wildman–Crippen MR) is 156 cm³/mol. The Labute approximate surface area is 230 Å². The largest absolute Gasteiger partial charge is 0.343 e. The summed E-state index contributed by atoms with van der Waals surface area (Å²) >= 11 is 0. The maximum Gasteiger partial charge on any atom is 0.328 e. The maximum atomic E-state index is 12.7. The third kappa shape index (κ3) is 6.84. The van der Waals surface area contributed by atoms with Crippen LogP contribution in [0.5, 0.6) is 0 Å². The molecule has 0 atom stereocenters. The molecule has 2 N–H and O–H groups in total. The van der Waals surface area contributed by atoms with Crippen LogP contribution in [0.2, 0.25) is 0 Å². The molecule has 212 valence electrons. The normalized spacial score (nSPS) is 11.5. The molecule has 0 saturated heterocycles. The molecule has 0 radical (unpaired) electrons. The van der Waals surface area contributed by atoms with Crippen molar-refractivity contribution in [1.29, 1.82) is 0 Å². The Morgan fingerprint density at radius 3 is 1.62 bits per heavy atom. The minimum atomic E-state index is -0.448. The van der Waals surface area contributed by atoms with Gasteiger partial charge in [-0.2, -0.15) is 0 Å². The molecule has 4 aromatic rings. The lowest BCUT2D eigenvalue weighted by Gasteiger charge is -2.22. The van der Waals surface area contributed by atoms with Gasteiger partial charge in [0.15, 0.2) is 0 Å². The monoisotopic (exact) mass is 548 g/mol. The summed E-state index contributed by atoms with van der Waals surface area (Å²) < 4.78 is 2.44. The van der Waals surface area contributed by atoms with Gasteiger partial charge in [0.1, 0.15) is 0 Å². The van der Waals surface area contributed by atoms with Crippen LogP contribution in [0, 0.1) is 0 Å². The first kappa shape index (κ1) is 28.8. The lowest BCUT2D eigenvalue weighted by molar-refractivity contribution is -0.129. The van der Waals surface area contributed by atoms with E-state index in [1.165, 1.54) is 16.1 Å². The van der Waals surface area contributed by atoms with E-state index in [1.54, 1.807) is 53.4 Å². The second-order valence-corrected chi connectivity index (χ2v) is 10.1. The molecule has 0 aliphatic carbocycles. The highest BCUT2D eigenvalue weighted by Gasteiger charge is 2.12. The standard InChI is InChI=1S/C29H36N6O5/c1-21(36)33(18-10-20-35-27(38)23-12-4-6-14-25(23)31-29(35)40)17-8-7-15-32(2)16-9-19-34-26(37)22-11-3-5-13-24(22)30-28(34)39/h3-6,11-14H,7-10,15-20H2,1-2H3,(H,30,39)(H,31,40). The molecule has 4 rings (SSSR count). The van der Waals surface area contributed by atoms with E-state index in [0.717, 1.165) is 25.9 Å². The first-order valence-corrected chi connectivity index (χ1v) is 13.6. The van der Waals surface area contributed by atoms with Crippen LogP contribution < -0.4 is 22.5 Å². The molecule has 0 aliphatic rings. The first-order chi connectivity index (χ1) is 19.3. The Bertz CT molecular complexity index is 1720. The van der Waals surface area contributed by atoms with Crippen LogP contribution in [-0.2, 0) is 17.9 Å². The summed E-state index contributed by atoms with van der Waals surface area (Å²) in [5.74, 6) is -0.0424. The summed E-state index contributed by atoms with van der Waals surface area (Å²) in [5.41, 5.74) is -0.391. The van der Waals surface area contributed by atoms with Crippen molar-refractivity contribution in [3.05, 3.63) is 90.2 Å². The molecule has 2 aromatic heterocycles. The Kier molecular flexibility index (Phi) is 9.49. The fourth-order valence-corrected chi connectivity index (χ4v) is 4.95. The van der Waals surface area contributed by atoms with Crippen LogP contribution in [0.25, 0.3) is 21.8 Å². The SMILES string of the molecule is CC(=O)N(CCCCN(C)CCCn1c(=O)[nH]c2ccccc2c1=O)CCCn1c(=O)[nH]c2ccccc2c1=O. The van der Waals surface area contributed by atoms with E-state index >= 15 is 0 Å². The quantitative estimate of drug-likeness (QED) is 0.245. The molecule has 1 amide bonds. The van der Waals surface area contributed by atoms with Crippen molar-refractivity contribution >= 4 is 27.7 Å². The van der Waals surface area contributed by atoms with Crippen molar-refractivity contribution in [2.75, 3.05) is 33.2 Å². The Hall–Kier alpha value is -4.25. The second kappa shape index (κ2) is 13.2. The van der Waals surface area contributed by atoms with Gasteiger partial charge in [0, 0.05) is 33.1 Å². The number of aromatic amines is 2. The molecule has 0 unspecified atom stereocenters. The van der Waals surface area contributed by atoms with E-state index in [9.17, 15) is 24.0 Å². The predicted octanol–water partition coefficient (Wildman–Crippen LogP) is 1.73. The molecule has 0 aliphatic heterocycles. The number of benzene rings is 2. The number of aromatic nitrogens is 4. The van der Waals surface area contributed by atoms with E-state index in [2.05, 4.69) is 14.9 Å². The number of carbonyl (C=O) groups is 1. The average Bonchev–Trinajstić information content (AvgIpc) is 2.93. The molecule has 2 heterocycles. The topological polar surface area (TPSA) is 133 Å². The van der Waals surface area contributed by atoms with Crippen molar-refractivity contribution in [3.63, 3.8) is 0 Å². The van der Waals surface area contributed by atoms with E-state index in [4.69, 9.17) is 0 Å². The smallest absolute Gasteiger partial charge is 0.328 e. The second-order valence-electron chi connectivity index (χ2n) is 10.1. The zero-order valence-electron chi connectivity index (χ0n) is 23.0. The van der Waals surface area contributed by atoms with Gasteiger partial charge in [-0.25, -0.2) is 9.59 Å². The van der Waals surface area contributed by atoms with Gasteiger partial charge in [0.2, 0.25) is 5.91 Å². The van der Waals surface area contributed by atoms with Crippen LogP contribution in [0.3, 0.4) is 0 Å². The van der Waals surface area contributed by atoms with E-state index in [0.29, 0.717) is 54.3 Å². The van der Waals surface area contributed by atoms with E-state index < -0.39 is 11.4 Å². The number of hydrogen-bond acceptors (Lipinski definition) is 6. The number of nitrogens with one attached hydrogen (secondary N) is 2. The van der Waals surface area contributed by atoms with E-state index in [1.807, 2.05) is 7.05 Å². The minimum absolute atomic E-state index is 0.0424. The van der Waals surface area contributed by atoms with Gasteiger partial charge in [-0.3, -0.25) is 23.5 Å². The molecule has 0 fully saturated rings. The Morgan fingerprint density at radius 1 is 0.675 bits per heavy atom. The van der Waals surface area contributed by atoms with Gasteiger partial charge in [-0.15, -0.1) is 0 Å². The summed E-state index contributed by atoms with van der Waals surface area (Å²) in [6.45, 7) is 4.69. The number of unbranched alkanes of at least 4 members (excludes halogenated alkanes) is 1. The Balaban J connectivity index is 1.20. The highest BCUT2D eigenvalue weighted by Crippen LogP contribution is 2.05. The van der Waals surface area contributed by atoms with Gasteiger partial charge < -0.3 is 19.8 Å². The van der Waals surface area contributed by atoms with Crippen LogP contribution in [0.15, 0.2) is 67.7 Å². The van der Waals surface area contributed by atoms with Crippen LogP contribution in [0.4, 0.5) is 0 Å². The van der Waals surface area contributed by atoms with Crippen molar-refractivity contribution in [2.24, 2.45) is 0 Å². The number of hydrogen-bond donors (Lipinski definition) is 2.